The quantitative estimate of drug-likeness (QED) is 0.821. The first kappa shape index (κ1) is 13.6. The van der Waals surface area contributed by atoms with Gasteiger partial charge in [0.05, 0.1) is 0 Å². The molecule has 1 heteroatoms. The van der Waals surface area contributed by atoms with Gasteiger partial charge in [-0.2, -0.15) is 0 Å². The molecule has 0 aromatic heterocycles. The largest absolute Gasteiger partial charge is 0.396 e. The molecule has 1 aliphatic carbocycles. The van der Waals surface area contributed by atoms with Crippen LogP contribution < -0.4 is 0 Å². The van der Waals surface area contributed by atoms with Crippen molar-refractivity contribution in [1.29, 1.82) is 0 Å². The topological polar surface area (TPSA) is 20.2 Å². The number of benzene rings is 1. The molecule has 18 heavy (non-hydrogen) atoms. The average molecular weight is 246 g/mol. The normalized spacial score (nSPS) is 18.8. The molecular formula is C17H26O. The third kappa shape index (κ3) is 3.58. The van der Waals surface area contributed by atoms with Crippen LogP contribution in [0.15, 0.2) is 24.3 Å². The van der Waals surface area contributed by atoms with Gasteiger partial charge in [0, 0.05) is 6.61 Å². The maximum atomic E-state index is 9.25. The molecule has 1 aromatic rings. The van der Waals surface area contributed by atoms with Crippen molar-refractivity contribution in [3.63, 3.8) is 0 Å². The van der Waals surface area contributed by atoms with E-state index < -0.39 is 0 Å². The van der Waals surface area contributed by atoms with E-state index in [0.29, 0.717) is 12.5 Å². The molecule has 0 spiro atoms. The van der Waals surface area contributed by atoms with Crippen LogP contribution >= 0.6 is 0 Å². The van der Waals surface area contributed by atoms with Gasteiger partial charge in [-0.25, -0.2) is 0 Å². The summed E-state index contributed by atoms with van der Waals surface area (Å²) in [5.41, 5.74) is 2.89. The first-order chi connectivity index (χ1) is 8.83. The van der Waals surface area contributed by atoms with Gasteiger partial charge in [-0.05, 0) is 42.2 Å². The lowest BCUT2D eigenvalue weighted by Crippen LogP contribution is -2.08. The Hall–Kier alpha value is -0.820. The summed E-state index contributed by atoms with van der Waals surface area (Å²) in [7, 11) is 0. The van der Waals surface area contributed by atoms with Crippen LogP contribution in [0.2, 0.25) is 0 Å². The maximum Gasteiger partial charge on any atom is 0.0462 e. The molecule has 1 N–H and O–H groups in total. The van der Waals surface area contributed by atoms with E-state index >= 15 is 0 Å². The smallest absolute Gasteiger partial charge is 0.0462 e. The van der Waals surface area contributed by atoms with E-state index in [1.54, 1.807) is 0 Å². The van der Waals surface area contributed by atoms with Gasteiger partial charge in [-0.1, -0.05) is 56.9 Å². The first-order valence-electron chi connectivity index (χ1n) is 7.53. The molecule has 1 nitrogen and oxygen atoms in total. The van der Waals surface area contributed by atoms with Crippen molar-refractivity contribution in [3.05, 3.63) is 35.4 Å². The number of hydrogen-bond donors (Lipinski definition) is 1. The van der Waals surface area contributed by atoms with Gasteiger partial charge in [0.1, 0.15) is 0 Å². The average Bonchev–Trinajstić information content (AvgIpc) is 2.46. The van der Waals surface area contributed by atoms with Gasteiger partial charge in [-0.15, -0.1) is 0 Å². The van der Waals surface area contributed by atoms with Gasteiger partial charge < -0.3 is 5.11 Å². The summed E-state index contributed by atoms with van der Waals surface area (Å²) in [4.78, 5) is 0. The fourth-order valence-corrected chi connectivity index (χ4v) is 3.03. The van der Waals surface area contributed by atoms with Crippen molar-refractivity contribution >= 4 is 0 Å². The highest BCUT2D eigenvalue weighted by Gasteiger charge is 2.15. The van der Waals surface area contributed by atoms with E-state index in [1.165, 1.54) is 43.2 Å². The monoisotopic (exact) mass is 246 g/mol. The minimum atomic E-state index is 0.306. The fraction of sp³-hybridized carbons (Fsp3) is 0.647. The Balaban J connectivity index is 1.96. The molecule has 0 bridgehead atoms. The van der Waals surface area contributed by atoms with Crippen molar-refractivity contribution < 1.29 is 5.11 Å². The van der Waals surface area contributed by atoms with Crippen LogP contribution in [0.25, 0.3) is 0 Å². The summed E-state index contributed by atoms with van der Waals surface area (Å²) in [5, 5.41) is 9.25. The minimum Gasteiger partial charge on any atom is -0.396 e. The van der Waals surface area contributed by atoms with Gasteiger partial charge in [0.2, 0.25) is 0 Å². The predicted octanol–water partition coefficient (Wildman–Crippen LogP) is 4.30. The molecule has 0 saturated heterocycles. The second-order valence-electron chi connectivity index (χ2n) is 5.74. The van der Waals surface area contributed by atoms with Gasteiger partial charge in [0.15, 0.2) is 0 Å². The molecule has 0 heterocycles. The summed E-state index contributed by atoms with van der Waals surface area (Å²) in [6.07, 6.45) is 9.02. The lowest BCUT2D eigenvalue weighted by Gasteiger charge is -2.22. The zero-order valence-electron chi connectivity index (χ0n) is 11.6. The highest BCUT2D eigenvalue weighted by Crippen LogP contribution is 2.32. The van der Waals surface area contributed by atoms with E-state index in [9.17, 15) is 5.11 Å². The van der Waals surface area contributed by atoms with Crippen LogP contribution in [0.3, 0.4) is 0 Å². The molecule has 1 fully saturated rings. The van der Waals surface area contributed by atoms with Crippen LogP contribution in [0, 0.1) is 5.92 Å². The highest BCUT2D eigenvalue weighted by molar-refractivity contribution is 5.26. The summed E-state index contributed by atoms with van der Waals surface area (Å²) in [6.45, 7) is 2.46. The Morgan fingerprint density at radius 3 is 2.33 bits per heavy atom. The van der Waals surface area contributed by atoms with Crippen LogP contribution in [0.5, 0.6) is 0 Å². The minimum absolute atomic E-state index is 0.306. The molecule has 1 aliphatic rings. The fourth-order valence-electron chi connectivity index (χ4n) is 3.03. The highest BCUT2D eigenvalue weighted by atomic mass is 16.3. The lowest BCUT2D eigenvalue weighted by molar-refractivity contribution is 0.222. The van der Waals surface area contributed by atoms with E-state index in [1.807, 2.05) is 0 Å². The van der Waals surface area contributed by atoms with Crippen molar-refractivity contribution in [2.75, 3.05) is 6.61 Å². The van der Waals surface area contributed by atoms with Crippen molar-refractivity contribution in [1.82, 2.24) is 0 Å². The van der Waals surface area contributed by atoms with E-state index in [4.69, 9.17) is 0 Å². The predicted molar refractivity (Wildman–Crippen MR) is 76.8 cm³/mol. The van der Waals surface area contributed by atoms with Crippen LogP contribution in [0.4, 0.5) is 0 Å². The van der Waals surface area contributed by atoms with Crippen molar-refractivity contribution in [3.8, 4) is 0 Å². The summed E-state index contributed by atoms with van der Waals surface area (Å²) < 4.78 is 0. The zero-order valence-corrected chi connectivity index (χ0v) is 11.6. The number of hydrogen-bond acceptors (Lipinski definition) is 1. The number of aliphatic hydroxyl groups is 1. The van der Waals surface area contributed by atoms with Crippen LogP contribution in [-0.4, -0.2) is 11.7 Å². The third-order valence-electron chi connectivity index (χ3n) is 4.42. The van der Waals surface area contributed by atoms with Crippen molar-refractivity contribution in [2.45, 2.75) is 57.8 Å². The Labute approximate surface area is 111 Å². The summed E-state index contributed by atoms with van der Waals surface area (Å²) >= 11 is 0. The number of aliphatic hydroxyl groups excluding tert-OH is 1. The molecule has 100 valence electrons. The lowest BCUT2D eigenvalue weighted by atomic mass is 9.83. The van der Waals surface area contributed by atoms with Crippen LogP contribution in [-0.2, 0) is 6.42 Å². The van der Waals surface area contributed by atoms with Crippen LogP contribution in [0.1, 0.15) is 62.5 Å². The molecule has 0 aliphatic heterocycles. The second kappa shape index (κ2) is 6.94. The standard InChI is InChI=1S/C17H26O/c1-2-14(13-18)12-15-8-10-17(11-9-15)16-6-4-3-5-7-16/h8-11,14,16,18H,2-7,12-13H2,1H3. The molecule has 0 amide bonds. The number of rotatable bonds is 5. The van der Waals surface area contributed by atoms with E-state index in [-0.39, 0.29) is 0 Å². The molecule has 0 radical (unpaired) electrons. The molecule has 1 aromatic carbocycles. The summed E-state index contributed by atoms with van der Waals surface area (Å²) in [5.74, 6) is 1.22. The Morgan fingerprint density at radius 2 is 1.78 bits per heavy atom. The van der Waals surface area contributed by atoms with E-state index in [2.05, 4.69) is 31.2 Å². The van der Waals surface area contributed by atoms with E-state index in [0.717, 1.165) is 18.8 Å². The van der Waals surface area contributed by atoms with Gasteiger partial charge >= 0.3 is 0 Å². The third-order valence-corrected chi connectivity index (χ3v) is 4.42. The molecular weight excluding hydrogens is 220 g/mol. The van der Waals surface area contributed by atoms with Crippen molar-refractivity contribution in [2.24, 2.45) is 5.92 Å². The SMILES string of the molecule is CCC(CO)Cc1ccc(C2CCCCC2)cc1. The second-order valence-corrected chi connectivity index (χ2v) is 5.74. The summed E-state index contributed by atoms with van der Waals surface area (Å²) in [6, 6.07) is 9.16. The molecule has 1 saturated carbocycles. The molecule has 1 atom stereocenters. The Morgan fingerprint density at radius 1 is 1.11 bits per heavy atom. The van der Waals surface area contributed by atoms with Gasteiger partial charge in [-0.3, -0.25) is 0 Å². The zero-order chi connectivity index (χ0) is 12.8. The Kier molecular flexibility index (Phi) is 5.25. The maximum absolute atomic E-state index is 9.25. The first-order valence-corrected chi connectivity index (χ1v) is 7.53. The molecule has 1 unspecified atom stereocenters. The Bertz CT molecular complexity index is 331. The van der Waals surface area contributed by atoms with Gasteiger partial charge in [0.25, 0.3) is 0 Å². The molecule has 2 rings (SSSR count).